The first-order valence-electron chi connectivity index (χ1n) is 9.14. The summed E-state index contributed by atoms with van der Waals surface area (Å²) in [5.41, 5.74) is 3.45. The molecule has 2 aromatic rings. The zero-order chi connectivity index (χ0) is 19.8. The zero-order valence-corrected chi connectivity index (χ0v) is 16.9. The second kappa shape index (κ2) is 7.31. The molecule has 2 unspecified atom stereocenters. The fourth-order valence-corrected chi connectivity index (χ4v) is 4.41. The number of aliphatic imine (C=N–C) groups is 1. The van der Waals surface area contributed by atoms with E-state index in [0.717, 1.165) is 15.6 Å². The normalized spacial score (nSPS) is 21.5. The van der Waals surface area contributed by atoms with Gasteiger partial charge in [0.2, 0.25) is 0 Å². The van der Waals surface area contributed by atoms with Gasteiger partial charge in [0.25, 0.3) is 5.91 Å². The van der Waals surface area contributed by atoms with Crippen LogP contribution in [0.5, 0.6) is 0 Å². The van der Waals surface area contributed by atoms with E-state index in [1.807, 2.05) is 49.1 Å². The Morgan fingerprint density at radius 3 is 2.54 bits per heavy atom. The van der Waals surface area contributed by atoms with Crippen molar-refractivity contribution in [3.05, 3.63) is 65.2 Å². The van der Waals surface area contributed by atoms with Crippen LogP contribution in [-0.4, -0.2) is 46.2 Å². The number of nitrogens with zero attached hydrogens (tertiary/aromatic N) is 3. The van der Waals surface area contributed by atoms with Crippen LogP contribution in [0.4, 0.5) is 4.79 Å². The van der Waals surface area contributed by atoms with Crippen LogP contribution in [-0.2, 0) is 11.3 Å². The van der Waals surface area contributed by atoms with E-state index in [-0.39, 0.29) is 5.91 Å². The average Bonchev–Trinajstić information content (AvgIpc) is 3.00. The van der Waals surface area contributed by atoms with Gasteiger partial charge in [0.05, 0.1) is 0 Å². The summed E-state index contributed by atoms with van der Waals surface area (Å²) >= 11 is 1.52. The molecule has 0 radical (unpaired) electrons. The van der Waals surface area contributed by atoms with Crippen LogP contribution >= 0.6 is 11.8 Å². The minimum absolute atomic E-state index is 0.302. The number of aryl methyl sites for hydroxylation is 2. The highest BCUT2D eigenvalue weighted by atomic mass is 32.2. The van der Waals surface area contributed by atoms with Crippen molar-refractivity contribution >= 4 is 28.9 Å². The predicted octanol–water partition coefficient (Wildman–Crippen LogP) is 3.14. The Hall–Kier alpha value is -2.80. The van der Waals surface area contributed by atoms with Crippen LogP contribution in [0.25, 0.3) is 0 Å². The fraction of sp³-hybridized carbons (Fsp3) is 0.286. The van der Waals surface area contributed by atoms with Gasteiger partial charge in [-0.1, -0.05) is 59.3 Å². The van der Waals surface area contributed by atoms with Gasteiger partial charge in [-0.05, 0) is 31.5 Å². The molecule has 1 fully saturated rings. The average molecular weight is 395 g/mol. The smallest absolute Gasteiger partial charge is 0.325 e. The van der Waals surface area contributed by atoms with E-state index in [1.54, 1.807) is 7.05 Å². The molecule has 0 aliphatic carbocycles. The third-order valence-electron chi connectivity index (χ3n) is 4.99. The van der Waals surface area contributed by atoms with E-state index in [0.29, 0.717) is 6.54 Å². The summed E-state index contributed by atoms with van der Waals surface area (Å²) in [6.07, 6.45) is -0.515. The summed E-state index contributed by atoms with van der Waals surface area (Å²) < 4.78 is 0. The van der Waals surface area contributed by atoms with Crippen molar-refractivity contribution in [3.8, 4) is 0 Å². The number of urea groups is 1. The lowest BCUT2D eigenvalue weighted by atomic mass is 10.1. The number of fused-ring (bicyclic) bond motifs is 1. The van der Waals surface area contributed by atoms with E-state index in [9.17, 15) is 9.59 Å². The van der Waals surface area contributed by atoms with Crippen LogP contribution < -0.4 is 5.32 Å². The molecular formula is C21H22N4O2S. The second-order valence-corrected chi connectivity index (χ2v) is 8.25. The maximum Gasteiger partial charge on any atom is 0.325 e. The van der Waals surface area contributed by atoms with E-state index in [2.05, 4.69) is 23.5 Å². The summed E-state index contributed by atoms with van der Waals surface area (Å²) in [5, 5.41) is 3.19. The summed E-state index contributed by atoms with van der Waals surface area (Å²) in [6, 6.07) is 15.5. The number of amidine groups is 1. The number of thioether (sulfide) groups is 1. The Morgan fingerprint density at radius 1 is 1.07 bits per heavy atom. The number of nitrogens with one attached hydrogen (secondary N) is 1. The largest absolute Gasteiger partial charge is 0.331 e. The number of imide groups is 1. The van der Waals surface area contributed by atoms with Crippen LogP contribution in [0.1, 0.15) is 16.7 Å². The van der Waals surface area contributed by atoms with Gasteiger partial charge >= 0.3 is 6.03 Å². The van der Waals surface area contributed by atoms with Crippen molar-refractivity contribution in [3.63, 3.8) is 0 Å². The highest BCUT2D eigenvalue weighted by Gasteiger charge is 2.48. The molecule has 2 aromatic carbocycles. The van der Waals surface area contributed by atoms with Crippen molar-refractivity contribution < 1.29 is 9.59 Å². The van der Waals surface area contributed by atoms with Gasteiger partial charge in [-0.2, -0.15) is 0 Å². The Labute approximate surface area is 168 Å². The monoisotopic (exact) mass is 394 g/mol. The highest BCUT2D eigenvalue weighted by molar-refractivity contribution is 8.13. The standard InChI is InChI=1S/C21H22N4O2S/c1-13-7-9-16(10-8-13)28-21-22-18-17(19(26)23-20(27)24(18)3)25(21)12-15-6-4-5-14(2)11-15/h4-11,17-18H,12H2,1-3H3,(H,23,26,27). The van der Waals surface area contributed by atoms with Crippen LogP contribution in [0.15, 0.2) is 58.4 Å². The number of carbonyl (C=O) groups is 2. The number of hydrogen-bond acceptors (Lipinski definition) is 5. The van der Waals surface area contributed by atoms with Crippen molar-refractivity contribution in [1.82, 2.24) is 15.1 Å². The van der Waals surface area contributed by atoms with E-state index in [1.165, 1.54) is 27.8 Å². The summed E-state index contributed by atoms with van der Waals surface area (Å²) in [7, 11) is 1.67. The van der Waals surface area contributed by atoms with Gasteiger partial charge in [0, 0.05) is 18.5 Å². The topological polar surface area (TPSA) is 65.0 Å². The molecule has 4 rings (SSSR count). The molecule has 2 aliphatic heterocycles. The molecule has 0 bridgehead atoms. The SMILES string of the molecule is Cc1ccc(SC2=NC3C(C(=O)NC(=O)N3C)N2Cc2cccc(C)c2)cc1. The van der Waals surface area contributed by atoms with Crippen molar-refractivity contribution in [2.45, 2.75) is 37.5 Å². The second-order valence-electron chi connectivity index (χ2n) is 7.21. The van der Waals surface area contributed by atoms with Crippen molar-refractivity contribution in [2.24, 2.45) is 4.99 Å². The molecule has 7 heteroatoms. The molecule has 2 aliphatic rings. The molecule has 0 spiro atoms. The van der Waals surface area contributed by atoms with Gasteiger partial charge in [-0.25, -0.2) is 9.79 Å². The minimum Gasteiger partial charge on any atom is -0.331 e. The van der Waals surface area contributed by atoms with E-state index < -0.39 is 18.2 Å². The first-order chi connectivity index (χ1) is 13.4. The Morgan fingerprint density at radius 2 is 1.82 bits per heavy atom. The lowest BCUT2D eigenvalue weighted by molar-refractivity contribution is -0.127. The molecule has 2 atom stereocenters. The lowest BCUT2D eigenvalue weighted by Crippen LogP contribution is -2.63. The lowest BCUT2D eigenvalue weighted by Gasteiger charge is -2.36. The molecule has 3 amide bonds. The van der Waals surface area contributed by atoms with Crippen molar-refractivity contribution in [1.29, 1.82) is 0 Å². The first kappa shape index (κ1) is 18.6. The van der Waals surface area contributed by atoms with Crippen molar-refractivity contribution in [2.75, 3.05) is 7.05 Å². The maximum atomic E-state index is 12.7. The molecule has 0 saturated carbocycles. The number of hydrogen-bond donors (Lipinski definition) is 1. The summed E-state index contributed by atoms with van der Waals surface area (Å²) in [6.45, 7) is 4.65. The summed E-state index contributed by atoms with van der Waals surface area (Å²) in [5.74, 6) is -0.302. The zero-order valence-electron chi connectivity index (χ0n) is 16.0. The number of amides is 3. The van der Waals surface area contributed by atoms with Gasteiger partial charge < -0.3 is 9.80 Å². The Kier molecular flexibility index (Phi) is 4.85. The molecule has 6 nitrogen and oxygen atoms in total. The van der Waals surface area contributed by atoms with Crippen LogP contribution in [0.2, 0.25) is 0 Å². The van der Waals surface area contributed by atoms with E-state index >= 15 is 0 Å². The predicted molar refractivity (Wildman–Crippen MR) is 110 cm³/mol. The quantitative estimate of drug-likeness (QED) is 0.869. The van der Waals surface area contributed by atoms with Gasteiger partial charge in [0.1, 0.15) is 0 Å². The number of benzene rings is 2. The van der Waals surface area contributed by atoms with Gasteiger partial charge in [-0.3, -0.25) is 10.1 Å². The molecular weight excluding hydrogens is 372 g/mol. The fourth-order valence-electron chi connectivity index (χ4n) is 3.47. The highest BCUT2D eigenvalue weighted by Crippen LogP contribution is 2.33. The molecule has 2 heterocycles. The third kappa shape index (κ3) is 3.49. The Balaban J connectivity index is 1.68. The van der Waals surface area contributed by atoms with Crippen LogP contribution in [0, 0.1) is 13.8 Å². The molecule has 28 heavy (non-hydrogen) atoms. The summed E-state index contributed by atoms with van der Waals surface area (Å²) in [4.78, 5) is 34.0. The number of likely N-dealkylation sites (N-methyl/N-ethyl adjacent to an activating group) is 1. The minimum atomic E-state index is -0.531. The van der Waals surface area contributed by atoms with Crippen LogP contribution in [0.3, 0.4) is 0 Å². The first-order valence-corrected chi connectivity index (χ1v) is 9.96. The third-order valence-corrected chi connectivity index (χ3v) is 6.02. The Bertz CT molecular complexity index is 957. The number of rotatable bonds is 3. The molecule has 1 N–H and O–H groups in total. The molecule has 144 valence electrons. The molecule has 1 saturated heterocycles. The molecule has 0 aromatic heterocycles. The van der Waals surface area contributed by atoms with E-state index in [4.69, 9.17) is 4.99 Å². The number of carbonyl (C=O) groups excluding carboxylic acids is 2. The van der Waals surface area contributed by atoms with Gasteiger partial charge in [0.15, 0.2) is 17.4 Å². The van der Waals surface area contributed by atoms with Gasteiger partial charge in [-0.15, -0.1) is 0 Å². The maximum absolute atomic E-state index is 12.7.